The number of carbonyl (C=O) groups excluding carboxylic acids is 1. The fourth-order valence-corrected chi connectivity index (χ4v) is 3.39. The van der Waals surface area contributed by atoms with Crippen LogP contribution in [-0.2, 0) is 10.0 Å². The van der Waals surface area contributed by atoms with E-state index >= 15 is 0 Å². The molecule has 0 aliphatic carbocycles. The monoisotopic (exact) mass is 366 g/mol. The molecule has 128 valence electrons. The Morgan fingerprint density at radius 1 is 1.12 bits per heavy atom. The fourth-order valence-electron chi connectivity index (χ4n) is 2.05. The van der Waals surface area contributed by atoms with Crippen molar-refractivity contribution in [3.63, 3.8) is 0 Å². The van der Waals surface area contributed by atoms with Gasteiger partial charge >= 0.3 is 0 Å². The number of sulfonamides is 1. The summed E-state index contributed by atoms with van der Waals surface area (Å²) in [5.41, 5.74) is 0.715. The van der Waals surface area contributed by atoms with Crippen LogP contribution in [0.25, 0.3) is 0 Å². The predicted molar refractivity (Wildman–Crippen MR) is 95.9 cm³/mol. The van der Waals surface area contributed by atoms with Crippen LogP contribution >= 0.6 is 11.6 Å². The van der Waals surface area contributed by atoms with Crippen LogP contribution in [-0.4, -0.2) is 20.9 Å². The molecule has 1 amide bonds. The quantitative estimate of drug-likeness (QED) is 0.734. The molecule has 0 saturated heterocycles. The van der Waals surface area contributed by atoms with Crippen LogP contribution in [0.1, 0.15) is 30.1 Å². The summed E-state index contributed by atoms with van der Waals surface area (Å²) in [4.78, 5) is 12.4. The van der Waals surface area contributed by atoms with Crippen molar-refractivity contribution in [1.29, 1.82) is 0 Å². The molecule has 0 aliphatic rings. The van der Waals surface area contributed by atoms with Crippen LogP contribution in [0, 0.1) is 0 Å². The highest BCUT2D eigenvalue weighted by molar-refractivity contribution is 7.89. The Kier molecular flexibility index (Phi) is 6.36. The van der Waals surface area contributed by atoms with E-state index in [1.54, 1.807) is 36.4 Å². The predicted octanol–water partition coefficient (Wildman–Crippen LogP) is 3.67. The Bertz CT molecular complexity index is 822. The van der Waals surface area contributed by atoms with Crippen LogP contribution in [0.3, 0.4) is 0 Å². The molecule has 2 N–H and O–H groups in total. The summed E-state index contributed by atoms with van der Waals surface area (Å²) in [7, 11) is -3.59. The number of carbonyl (C=O) groups is 1. The van der Waals surface area contributed by atoms with Gasteiger partial charge in [-0.25, -0.2) is 13.1 Å². The molecule has 2 aromatic carbocycles. The Labute approximate surface area is 147 Å². The molecule has 0 atom stereocenters. The van der Waals surface area contributed by atoms with Crippen molar-refractivity contribution in [3.8, 4) is 0 Å². The molecule has 0 radical (unpaired) electrons. The number of amides is 1. The first-order valence-electron chi connectivity index (χ1n) is 7.59. The van der Waals surface area contributed by atoms with E-state index in [9.17, 15) is 13.2 Å². The van der Waals surface area contributed by atoms with Crippen molar-refractivity contribution in [2.24, 2.45) is 0 Å². The minimum absolute atomic E-state index is 0.107. The van der Waals surface area contributed by atoms with Gasteiger partial charge in [-0.1, -0.05) is 43.1 Å². The number of unbranched alkanes of at least 4 members (excludes halogenated alkanes) is 1. The number of rotatable bonds is 7. The van der Waals surface area contributed by atoms with E-state index in [0.717, 1.165) is 12.8 Å². The van der Waals surface area contributed by atoms with Crippen molar-refractivity contribution in [1.82, 2.24) is 4.72 Å². The highest BCUT2D eigenvalue weighted by Gasteiger charge is 2.15. The van der Waals surface area contributed by atoms with Crippen molar-refractivity contribution in [2.75, 3.05) is 11.9 Å². The minimum atomic E-state index is -3.59. The number of nitrogens with one attached hydrogen (secondary N) is 2. The Morgan fingerprint density at radius 2 is 1.88 bits per heavy atom. The third-order valence-corrected chi connectivity index (χ3v) is 5.13. The second kappa shape index (κ2) is 8.28. The largest absolute Gasteiger partial charge is 0.322 e. The Balaban J connectivity index is 2.16. The van der Waals surface area contributed by atoms with Crippen LogP contribution in [0.15, 0.2) is 53.4 Å². The molecule has 0 spiro atoms. The molecule has 0 unspecified atom stereocenters. The van der Waals surface area contributed by atoms with Crippen molar-refractivity contribution in [3.05, 3.63) is 59.1 Å². The van der Waals surface area contributed by atoms with Gasteiger partial charge in [0.2, 0.25) is 10.0 Å². The SMILES string of the molecule is CCCCNS(=O)(=O)c1cccc(NC(=O)c2ccccc2Cl)c1. The first-order chi connectivity index (χ1) is 11.4. The maximum Gasteiger partial charge on any atom is 0.257 e. The average molecular weight is 367 g/mol. The summed E-state index contributed by atoms with van der Waals surface area (Å²) in [5.74, 6) is -0.394. The Hall–Kier alpha value is -1.89. The van der Waals surface area contributed by atoms with Gasteiger partial charge < -0.3 is 5.32 Å². The van der Waals surface area contributed by atoms with E-state index in [0.29, 0.717) is 22.8 Å². The van der Waals surface area contributed by atoms with Crippen molar-refractivity contribution < 1.29 is 13.2 Å². The molecular formula is C17H19ClN2O3S. The number of halogens is 1. The molecule has 0 heterocycles. The molecule has 0 fully saturated rings. The van der Waals surface area contributed by atoms with Gasteiger partial charge in [-0.3, -0.25) is 4.79 Å². The zero-order valence-electron chi connectivity index (χ0n) is 13.3. The zero-order valence-corrected chi connectivity index (χ0v) is 14.8. The average Bonchev–Trinajstić information content (AvgIpc) is 2.55. The van der Waals surface area contributed by atoms with Crippen molar-refractivity contribution in [2.45, 2.75) is 24.7 Å². The first-order valence-corrected chi connectivity index (χ1v) is 9.46. The number of anilines is 1. The summed E-state index contributed by atoms with van der Waals surface area (Å²) < 4.78 is 27.0. The maximum absolute atomic E-state index is 12.2. The molecule has 0 aliphatic heterocycles. The van der Waals surface area contributed by atoms with Gasteiger partial charge in [0.1, 0.15) is 0 Å². The summed E-state index contributed by atoms with van der Waals surface area (Å²) in [6.07, 6.45) is 1.67. The van der Waals surface area contributed by atoms with E-state index in [1.165, 1.54) is 12.1 Å². The van der Waals surface area contributed by atoms with Gasteiger partial charge in [0.25, 0.3) is 5.91 Å². The molecule has 2 aromatic rings. The maximum atomic E-state index is 12.2. The van der Waals surface area contributed by atoms with E-state index in [1.807, 2.05) is 6.92 Å². The lowest BCUT2D eigenvalue weighted by Crippen LogP contribution is -2.24. The lowest BCUT2D eigenvalue weighted by Gasteiger charge is -2.10. The third-order valence-electron chi connectivity index (χ3n) is 3.34. The highest BCUT2D eigenvalue weighted by atomic mass is 35.5. The molecular weight excluding hydrogens is 348 g/mol. The number of hydrogen-bond donors (Lipinski definition) is 2. The van der Waals surface area contributed by atoms with Gasteiger partial charge in [0, 0.05) is 12.2 Å². The number of benzene rings is 2. The number of hydrogen-bond acceptors (Lipinski definition) is 3. The van der Waals surface area contributed by atoms with Crippen LogP contribution in [0.5, 0.6) is 0 Å². The van der Waals surface area contributed by atoms with Crippen molar-refractivity contribution >= 4 is 33.2 Å². The van der Waals surface area contributed by atoms with E-state index in [-0.39, 0.29) is 4.90 Å². The molecule has 0 aromatic heterocycles. The lowest BCUT2D eigenvalue weighted by atomic mass is 10.2. The molecule has 5 nitrogen and oxygen atoms in total. The van der Waals surface area contributed by atoms with Gasteiger partial charge in [-0.05, 0) is 36.8 Å². The molecule has 2 rings (SSSR count). The second-order valence-electron chi connectivity index (χ2n) is 5.21. The van der Waals surface area contributed by atoms with Crippen LogP contribution in [0.2, 0.25) is 5.02 Å². The third kappa shape index (κ3) is 4.80. The zero-order chi connectivity index (χ0) is 17.6. The molecule has 0 saturated carbocycles. The van der Waals surface area contributed by atoms with E-state index in [4.69, 9.17) is 11.6 Å². The smallest absolute Gasteiger partial charge is 0.257 e. The molecule has 7 heteroatoms. The van der Waals surface area contributed by atoms with Crippen LogP contribution in [0.4, 0.5) is 5.69 Å². The summed E-state index contributed by atoms with van der Waals surface area (Å²) in [5, 5.41) is 3.00. The van der Waals surface area contributed by atoms with Gasteiger partial charge in [0.05, 0.1) is 15.5 Å². The van der Waals surface area contributed by atoms with Gasteiger partial charge in [0.15, 0.2) is 0 Å². The van der Waals surface area contributed by atoms with Gasteiger partial charge in [-0.2, -0.15) is 0 Å². The molecule has 24 heavy (non-hydrogen) atoms. The summed E-state index contributed by atoms with van der Waals surface area (Å²) in [6.45, 7) is 2.37. The van der Waals surface area contributed by atoms with Gasteiger partial charge in [-0.15, -0.1) is 0 Å². The lowest BCUT2D eigenvalue weighted by molar-refractivity contribution is 0.102. The van der Waals surface area contributed by atoms with E-state index < -0.39 is 15.9 Å². The van der Waals surface area contributed by atoms with Crippen LogP contribution < -0.4 is 10.0 Å². The normalized spacial score (nSPS) is 11.2. The fraction of sp³-hybridized carbons (Fsp3) is 0.235. The topological polar surface area (TPSA) is 75.3 Å². The first kappa shape index (κ1) is 18.4. The standard InChI is InChI=1S/C17H19ClN2O3S/c1-2-3-11-19-24(22,23)14-8-6-7-13(12-14)20-17(21)15-9-4-5-10-16(15)18/h4-10,12,19H,2-3,11H2,1H3,(H,20,21). The summed E-state index contributed by atoms with van der Waals surface area (Å²) >= 11 is 5.99. The summed E-state index contributed by atoms with van der Waals surface area (Å²) in [6, 6.07) is 12.8. The Morgan fingerprint density at radius 3 is 2.58 bits per heavy atom. The van der Waals surface area contributed by atoms with E-state index in [2.05, 4.69) is 10.0 Å². The highest BCUT2D eigenvalue weighted by Crippen LogP contribution is 2.19. The second-order valence-corrected chi connectivity index (χ2v) is 7.39. The minimum Gasteiger partial charge on any atom is -0.322 e. The molecule has 0 bridgehead atoms.